The fraction of sp³-hybridized carbons (Fsp3) is 0.556. The first-order valence-electron chi connectivity index (χ1n) is 4.20. The van der Waals surface area contributed by atoms with Crippen LogP contribution in [0, 0.1) is 0 Å². The van der Waals surface area contributed by atoms with Gasteiger partial charge in [-0.2, -0.15) is 0 Å². The summed E-state index contributed by atoms with van der Waals surface area (Å²) < 4.78 is -0.669. The lowest BCUT2D eigenvalue weighted by atomic mass is 9.94. The SMILES string of the molecule is ClC1(Cl)C=CC2=C(CCCN2)C1. The lowest BCUT2D eigenvalue weighted by molar-refractivity contribution is 0.636. The van der Waals surface area contributed by atoms with E-state index in [1.54, 1.807) is 0 Å². The van der Waals surface area contributed by atoms with Gasteiger partial charge in [0.25, 0.3) is 0 Å². The van der Waals surface area contributed by atoms with E-state index in [-0.39, 0.29) is 0 Å². The summed E-state index contributed by atoms with van der Waals surface area (Å²) in [5.41, 5.74) is 2.60. The minimum absolute atomic E-state index is 0.669. The minimum Gasteiger partial charge on any atom is -0.385 e. The summed E-state index contributed by atoms with van der Waals surface area (Å²) in [5, 5.41) is 3.33. The van der Waals surface area contributed by atoms with E-state index in [9.17, 15) is 0 Å². The van der Waals surface area contributed by atoms with Crippen LogP contribution in [-0.2, 0) is 0 Å². The molecule has 0 bridgehead atoms. The minimum atomic E-state index is -0.669. The number of halogens is 2. The molecule has 1 N–H and O–H groups in total. The van der Waals surface area contributed by atoms with E-state index in [1.807, 2.05) is 12.2 Å². The Balaban J connectivity index is 2.23. The van der Waals surface area contributed by atoms with Crippen molar-refractivity contribution < 1.29 is 0 Å². The molecule has 0 radical (unpaired) electrons. The summed E-state index contributed by atoms with van der Waals surface area (Å²) in [6.07, 6.45) is 6.95. The Morgan fingerprint density at radius 2 is 2.25 bits per heavy atom. The number of nitrogens with one attached hydrogen (secondary N) is 1. The Kier molecular flexibility index (Phi) is 2.09. The highest BCUT2D eigenvalue weighted by atomic mass is 35.5. The smallest absolute Gasteiger partial charge is 0.140 e. The molecule has 1 nitrogen and oxygen atoms in total. The van der Waals surface area contributed by atoms with Crippen molar-refractivity contribution in [2.75, 3.05) is 6.54 Å². The van der Waals surface area contributed by atoms with E-state index < -0.39 is 4.33 Å². The van der Waals surface area contributed by atoms with Gasteiger partial charge >= 0.3 is 0 Å². The predicted molar refractivity (Wildman–Crippen MR) is 52.5 cm³/mol. The van der Waals surface area contributed by atoms with Gasteiger partial charge in [0.2, 0.25) is 0 Å². The topological polar surface area (TPSA) is 12.0 Å². The molecule has 1 aliphatic carbocycles. The summed E-state index contributed by atoms with van der Waals surface area (Å²) in [7, 11) is 0. The maximum Gasteiger partial charge on any atom is 0.140 e. The molecule has 0 unspecified atom stereocenters. The summed E-state index contributed by atoms with van der Waals surface area (Å²) in [6, 6.07) is 0. The van der Waals surface area contributed by atoms with Crippen LogP contribution < -0.4 is 5.32 Å². The van der Waals surface area contributed by atoms with E-state index in [4.69, 9.17) is 23.2 Å². The van der Waals surface area contributed by atoms with Crippen LogP contribution in [0.25, 0.3) is 0 Å². The van der Waals surface area contributed by atoms with E-state index in [0.29, 0.717) is 0 Å². The summed E-state index contributed by atoms with van der Waals surface area (Å²) in [6.45, 7) is 1.07. The van der Waals surface area contributed by atoms with Gasteiger partial charge in [0, 0.05) is 18.7 Å². The molecule has 0 atom stereocenters. The third-order valence-corrected chi connectivity index (χ3v) is 2.81. The highest BCUT2D eigenvalue weighted by Gasteiger charge is 2.27. The van der Waals surface area contributed by atoms with E-state index in [2.05, 4.69) is 5.32 Å². The van der Waals surface area contributed by atoms with Gasteiger partial charge in [-0.3, -0.25) is 0 Å². The normalized spacial score (nSPS) is 26.5. The number of hydrogen-bond acceptors (Lipinski definition) is 1. The second-order valence-corrected chi connectivity index (χ2v) is 4.86. The molecule has 0 saturated heterocycles. The number of rotatable bonds is 0. The molecule has 0 aromatic rings. The maximum atomic E-state index is 6.01. The van der Waals surface area contributed by atoms with Gasteiger partial charge in [-0.25, -0.2) is 0 Å². The van der Waals surface area contributed by atoms with Crippen molar-refractivity contribution in [1.29, 1.82) is 0 Å². The zero-order valence-electron chi connectivity index (χ0n) is 6.74. The van der Waals surface area contributed by atoms with Gasteiger partial charge < -0.3 is 5.32 Å². The quantitative estimate of drug-likeness (QED) is 0.598. The van der Waals surface area contributed by atoms with Gasteiger partial charge in [0.15, 0.2) is 0 Å². The van der Waals surface area contributed by atoms with Crippen molar-refractivity contribution in [3.8, 4) is 0 Å². The largest absolute Gasteiger partial charge is 0.385 e. The van der Waals surface area contributed by atoms with Crippen LogP contribution in [0.4, 0.5) is 0 Å². The molecule has 1 heterocycles. The zero-order chi connectivity index (χ0) is 8.60. The second-order valence-electron chi connectivity index (χ2n) is 3.32. The van der Waals surface area contributed by atoms with Gasteiger partial charge in [0.1, 0.15) is 4.33 Å². The van der Waals surface area contributed by atoms with Crippen LogP contribution in [0.15, 0.2) is 23.4 Å². The maximum absolute atomic E-state index is 6.01. The van der Waals surface area contributed by atoms with Gasteiger partial charge in [-0.05, 0) is 30.6 Å². The van der Waals surface area contributed by atoms with Crippen molar-refractivity contribution in [3.63, 3.8) is 0 Å². The number of hydrogen-bond donors (Lipinski definition) is 1. The molecule has 0 amide bonds. The first-order chi connectivity index (χ1) is 5.67. The average molecular weight is 204 g/mol. The Morgan fingerprint density at radius 1 is 1.42 bits per heavy atom. The molecular formula is C9H11Cl2N. The Labute approximate surface area is 82.4 Å². The van der Waals surface area contributed by atoms with Gasteiger partial charge in [0.05, 0.1) is 0 Å². The Morgan fingerprint density at radius 3 is 3.08 bits per heavy atom. The fourth-order valence-corrected chi connectivity index (χ4v) is 2.14. The van der Waals surface area contributed by atoms with Crippen molar-refractivity contribution in [2.24, 2.45) is 0 Å². The predicted octanol–water partition coefficient (Wildman–Crippen LogP) is 2.76. The molecule has 1 aliphatic heterocycles. The molecule has 3 heteroatoms. The molecule has 0 aromatic carbocycles. The lowest BCUT2D eigenvalue weighted by Gasteiger charge is -2.28. The van der Waals surface area contributed by atoms with Crippen molar-refractivity contribution >= 4 is 23.2 Å². The van der Waals surface area contributed by atoms with Gasteiger partial charge in [-0.15, -0.1) is 0 Å². The van der Waals surface area contributed by atoms with E-state index in [0.717, 1.165) is 19.4 Å². The Hall–Kier alpha value is -0.140. The van der Waals surface area contributed by atoms with Crippen molar-refractivity contribution in [1.82, 2.24) is 5.32 Å². The monoisotopic (exact) mass is 203 g/mol. The molecule has 0 spiro atoms. The number of allylic oxidation sites excluding steroid dienone is 3. The average Bonchev–Trinajstić information content (AvgIpc) is 2.02. The highest BCUT2D eigenvalue weighted by molar-refractivity contribution is 6.50. The molecule has 12 heavy (non-hydrogen) atoms. The fourth-order valence-electron chi connectivity index (χ4n) is 1.69. The summed E-state index contributed by atoms with van der Waals surface area (Å²) in [5.74, 6) is 0. The first-order valence-corrected chi connectivity index (χ1v) is 4.96. The Bertz CT molecular complexity index is 253. The van der Waals surface area contributed by atoms with Crippen LogP contribution in [0.2, 0.25) is 0 Å². The molecule has 0 aromatic heterocycles. The van der Waals surface area contributed by atoms with Crippen LogP contribution >= 0.6 is 23.2 Å². The lowest BCUT2D eigenvalue weighted by Crippen LogP contribution is -2.26. The van der Waals surface area contributed by atoms with E-state index >= 15 is 0 Å². The van der Waals surface area contributed by atoms with Gasteiger partial charge in [-0.1, -0.05) is 23.2 Å². The molecule has 0 saturated carbocycles. The van der Waals surface area contributed by atoms with Crippen molar-refractivity contribution in [2.45, 2.75) is 23.6 Å². The molecular weight excluding hydrogens is 193 g/mol. The van der Waals surface area contributed by atoms with Crippen LogP contribution in [-0.4, -0.2) is 10.9 Å². The zero-order valence-corrected chi connectivity index (χ0v) is 8.25. The third kappa shape index (κ3) is 1.62. The third-order valence-electron chi connectivity index (χ3n) is 2.29. The molecule has 2 aliphatic rings. The van der Waals surface area contributed by atoms with Crippen LogP contribution in [0.1, 0.15) is 19.3 Å². The summed E-state index contributed by atoms with van der Waals surface area (Å²) in [4.78, 5) is 0. The molecule has 66 valence electrons. The standard InChI is InChI=1S/C9H11Cl2N/c10-9(11)4-3-8-7(6-9)2-1-5-12-8/h3-4,12H,1-2,5-6H2. The molecule has 0 fully saturated rings. The number of alkyl halides is 2. The summed E-state index contributed by atoms with van der Waals surface area (Å²) >= 11 is 12.0. The first kappa shape index (κ1) is 8.46. The van der Waals surface area contributed by atoms with E-state index in [1.165, 1.54) is 17.7 Å². The second kappa shape index (κ2) is 2.97. The van der Waals surface area contributed by atoms with Crippen LogP contribution in [0.5, 0.6) is 0 Å². The highest BCUT2D eigenvalue weighted by Crippen LogP contribution is 2.37. The van der Waals surface area contributed by atoms with Crippen LogP contribution in [0.3, 0.4) is 0 Å². The molecule has 2 rings (SSSR count). The van der Waals surface area contributed by atoms with Crippen molar-refractivity contribution in [3.05, 3.63) is 23.4 Å².